The molecule has 2 aliphatic carbocycles. The zero-order chi connectivity index (χ0) is 14.7. The van der Waals surface area contributed by atoms with Crippen molar-refractivity contribution < 1.29 is 4.39 Å². The van der Waals surface area contributed by atoms with E-state index < -0.39 is 0 Å². The minimum Gasteiger partial charge on any atom is -0.366 e. The highest BCUT2D eigenvalue weighted by Gasteiger charge is 2.25. The van der Waals surface area contributed by atoms with Gasteiger partial charge in [-0.3, -0.25) is 0 Å². The van der Waals surface area contributed by atoms with Crippen LogP contribution in [0.4, 0.5) is 10.1 Å². The first-order valence-corrected chi connectivity index (χ1v) is 8.57. The Kier molecular flexibility index (Phi) is 4.79. The van der Waals surface area contributed by atoms with Crippen LogP contribution in [0.15, 0.2) is 18.2 Å². The number of halogens is 1. The van der Waals surface area contributed by atoms with Crippen molar-refractivity contribution in [3.05, 3.63) is 29.6 Å². The van der Waals surface area contributed by atoms with E-state index >= 15 is 0 Å². The predicted octanol–water partition coefficient (Wildman–Crippen LogP) is 4.24. The van der Waals surface area contributed by atoms with Crippen LogP contribution in [-0.2, 0) is 6.54 Å². The van der Waals surface area contributed by atoms with E-state index in [0.717, 1.165) is 24.3 Å². The van der Waals surface area contributed by atoms with Crippen molar-refractivity contribution in [2.45, 2.75) is 70.5 Å². The van der Waals surface area contributed by atoms with E-state index in [0.29, 0.717) is 12.1 Å². The first kappa shape index (κ1) is 14.8. The van der Waals surface area contributed by atoms with Crippen LogP contribution in [0.1, 0.15) is 57.4 Å². The third-order valence-corrected chi connectivity index (χ3v) is 4.87. The summed E-state index contributed by atoms with van der Waals surface area (Å²) in [6, 6.07) is 6.71. The van der Waals surface area contributed by atoms with Gasteiger partial charge in [0.2, 0.25) is 0 Å². The van der Waals surface area contributed by atoms with Gasteiger partial charge in [0.15, 0.2) is 0 Å². The summed E-state index contributed by atoms with van der Waals surface area (Å²) in [4.78, 5) is 2.32. The lowest BCUT2D eigenvalue weighted by Gasteiger charge is -2.36. The normalized spacial score (nSPS) is 19.7. The van der Waals surface area contributed by atoms with Gasteiger partial charge in [-0.2, -0.15) is 0 Å². The smallest absolute Gasteiger partial charge is 0.146 e. The molecule has 0 aromatic heterocycles. The minimum atomic E-state index is -0.0579. The van der Waals surface area contributed by atoms with Gasteiger partial charge in [0, 0.05) is 25.2 Å². The van der Waals surface area contributed by atoms with Crippen LogP contribution in [0.5, 0.6) is 0 Å². The standard InChI is InChI=1S/C18H27FN2/c1-2-21(16-8-4-3-5-9-16)18-14(7-6-10-17(18)19)13-20-15-11-12-15/h6-7,10,15-16,20H,2-5,8-9,11-13H2,1H3. The fourth-order valence-corrected chi connectivity index (χ4v) is 3.56. The zero-order valence-electron chi connectivity index (χ0n) is 13.1. The third-order valence-electron chi connectivity index (χ3n) is 4.87. The van der Waals surface area contributed by atoms with Gasteiger partial charge in [-0.15, -0.1) is 0 Å². The summed E-state index contributed by atoms with van der Waals surface area (Å²) in [7, 11) is 0. The maximum atomic E-state index is 14.5. The van der Waals surface area contributed by atoms with Gasteiger partial charge in [-0.1, -0.05) is 31.4 Å². The predicted molar refractivity (Wildman–Crippen MR) is 86.2 cm³/mol. The van der Waals surface area contributed by atoms with Crippen molar-refractivity contribution in [1.82, 2.24) is 5.32 Å². The molecule has 2 fully saturated rings. The van der Waals surface area contributed by atoms with Crippen molar-refractivity contribution >= 4 is 5.69 Å². The molecule has 1 aromatic rings. The van der Waals surface area contributed by atoms with E-state index in [4.69, 9.17) is 0 Å². The Hall–Kier alpha value is -1.09. The maximum Gasteiger partial charge on any atom is 0.146 e. The average Bonchev–Trinajstić information content (AvgIpc) is 3.33. The Morgan fingerprint density at radius 3 is 2.57 bits per heavy atom. The number of anilines is 1. The maximum absolute atomic E-state index is 14.5. The Labute approximate surface area is 127 Å². The van der Waals surface area contributed by atoms with Crippen molar-refractivity contribution in [3.8, 4) is 0 Å². The Balaban J connectivity index is 1.82. The number of hydrogen-bond acceptors (Lipinski definition) is 2. The lowest BCUT2D eigenvalue weighted by molar-refractivity contribution is 0.413. The van der Waals surface area contributed by atoms with Crippen LogP contribution in [0.2, 0.25) is 0 Å². The highest BCUT2D eigenvalue weighted by Crippen LogP contribution is 2.32. The van der Waals surface area contributed by atoms with E-state index in [9.17, 15) is 4.39 Å². The van der Waals surface area contributed by atoms with E-state index in [1.54, 1.807) is 6.07 Å². The van der Waals surface area contributed by atoms with Crippen LogP contribution >= 0.6 is 0 Å². The molecule has 1 aromatic carbocycles. The number of hydrogen-bond donors (Lipinski definition) is 1. The SMILES string of the molecule is CCN(c1c(F)cccc1CNC1CC1)C1CCCCC1. The van der Waals surface area contributed by atoms with Gasteiger partial charge >= 0.3 is 0 Å². The summed E-state index contributed by atoms with van der Waals surface area (Å²) < 4.78 is 14.5. The third kappa shape index (κ3) is 3.57. The largest absolute Gasteiger partial charge is 0.366 e. The van der Waals surface area contributed by atoms with Crippen LogP contribution in [-0.4, -0.2) is 18.6 Å². The van der Waals surface area contributed by atoms with E-state index in [1.165, 1.54) is 44.9 Å². The van der Waals surface area contributed by atoms with Crippen LogP contribution in [0, 0.1) is 5.82 Å². The van der Waals surface area contributed by atoms with Crippen molar-refractivity contribution in [2.24, 2.45) is 0 Å². The number of nitrogens with zero attached hydrogens (tertiary/aromatic N) is 1. The number of para-hydroxylation sites is 1. The van der Waals surface area contributed by atoms with Crippen molar-refractivity contribution in [1.29, 1.82) is 0 Å². The molecule has 2 nitrogen and oxygen atoms in total. The van der Waals surface area contributed by atoms with E-state index in [2.05, 4.69) is 23.2 Å². The Morgan fingerprint density at radius 2 is 1.90 bits per heavy atom. The lowest BCUT2D eigenvalue weighted by Crippen LogP contribution is -2.38. The number of benzene rings is 1. The van der Waals surface area contributed by atoms with E-state index in [1.807, 2.05) is 6.07 Å². The molecule has 0 aliphatic heterocycles. The van der Waals surface area contributed by atoms with Crippen LogP contribution in [0.3, 0.4) is 0 Å². The van der Waals surface area contributed by atoms with Crippen LogP contribution in [0.25, 0.3) is 0 Å². The average molecular weight is 290 g/mol. The second-order valence-corrected chi connectivity index (χ2v) is 6.48. The van der Waals surface area contributed by atoms with Gasteiger partial charge in [-0.25, -0.2) is 4.39 Å². The van der Waals surface area contributed by atoms with Gasteiger partial charge in [0.25, 0.3) is 0 Å². The number of rotatable bonds is 6. The molecule has 0 heterocycles. The first-order chi connectivity index (χ1) is 10.3. The fourth-order valence-electron chi connectivity index (χ4n) is 3.56. The molecule has 0 radical (unpaired) electrons. The molecule has 1 N–H and O–H groups in total. The molecule has 0 saturated heterocycles. The van der Waals surface area contributed by atoms with Crippen molar-refractivity contribution in [2.75, 3.05) is 11.4 Å². The van der Waals surface area contributed by atoms with Gasteiger partial charge in [0.05, 0.1) is 5.69 Å². The van der Waals surface area contributed by atoms with Gasteiger partial charge in [-0.05, 0) is 44.2 Å². The van der Waals surface area contributed by atoms with Crippen molar-refractivity contribution in [3.63, 3.8) is 0 Å². The molecule has 0 spiro atoms. The Bertz CT molecular complexity index is 464. The molecular weight excluding hydrogens is 263 g/mol. The molecule has 21 heavy (non-hydrogen) atoms. The molecule has 2 saturated carbocycles. The van der Waals surface area contributed by atoms with Gasteiger partial charge in [0.1, 0.15) is 5.82 Å². The summed E-state index contributed by atoms with van der Waals surface area (Å²) in [5.74, 6) is -0.0579. The Morgan fingerprint density at radius 1 is 1.14 bits per heavy atom. The first-order valence-electron chi connectivity index (χ1n) is 8.57. The zero-order valence-corrected chi connectivity index (χ0v) is 13.1. The highest BCUT2D eigenvalue weighted by atomic mass is 19.1. The minimum absolute atomic E-state index is 0.0579. The summed E-state index contributed by atoms with van der Waals surface area (Å²) >= 11 is 0. The molecule has 116 valence electrons. The molecule has 0 amide bonds. The number of nitrogens with one attached hydrogen (secondary N) is 1. The lowest BCUT2D eigenvalue weighted by atomic mass is 9.93. The summed E-state index contributed by atoms with van der Waals surface area (Å²) in [6.45, 7) is 3.84. The highest BCUT2D eigenvalue weighted by molar-refractivity contribution is 5.55. The second kappa shape index (κ2) is 6.78. The molecule has 0 unspecified atom stereocenters. The van der Waals surface area contributed by atoms with Crippen LogP contribution < -0.4 is 10.2 Å². The summed E-state index contributed by atoms with van der Waals surface area (Å²) in [5, 5.41) is 3.53. The molecular formula is C18H27FN2. The topological polar surface area (TPSA) is 15.3 Å². The fraction of sp³-hybridized carbons (Fsp3) is 0.667. The summed E-state index contributed by atoms with van der Waals surface area (Å²) in [5.41, 5.74) is 1.97. The monoisotopic (exact) mass is 290 g/mol. The molecule has 3 heteroatoms. The van der Waals surface area contributed by atoms with Gasteiger partial charge < -0.3 is 10.2 Å². The van der Waals surface area contributed by atoms with E-state index in [-0.39, 0.29) is 5.82 Å². The second-order valence-electron chi connectivity index (χ2n) is 6.48. The molecule has 3 rings (SSSR count). The molecule has 2 aliphatic rings. The molecule has 0 atom stereocenters. The molecule has 0 bridgehead atoms. The summed E-state index contributed by atoms with van der Waals surface area (Å²) in [6.07, 6.45) is 8.85. The quantitative estimate of drug-likeness (QED) is 0.843.